The van der Waals surface area contributed by atoms with Crippen LogP contribution in [-0.4, -0.2) is 41.0 Å². The summed E-state index contributed by atoms with van der Waals surface area (Å²) in [6.45, 7) is 6.93. The molecular formula is C32H42N2O3. The molecule has 4 aliphatic carbocycles. The van der Waals surface area contributed by atoms with E-state index in [1.165, 1.54) is 11.1 Å². The number of aromatic amines is 1. The Kier molecular flexibility index (Phi) is 6.62. The van der Waals surface area contributed by atoms with Gasteiger partial charge in [0.1, 0.15) is 0 Å². The van der Waals surface area contributed by atoms with E-state index >= 15 is 0 Å². The first-order valence-electron chi connectivity index (χ1n) is 13.8. The second kappa shape index (κ2) is 9.37. The Balaban J connectivity index is 0.000000892. The van der Waals surface area contributed by atoms with Gasteiger partial charge >= 0.3 is 0 Å². The van der Waals surface area contributed by atoms with Crippen molar-refractivity contribution in [1.82, 2.24) is 10.3 Å². The molecule has 0 saturated heterocycles. The minimum atomic E-state index is -0.869. The fourth-order valence-corrected chi connectivity index (χ4v) is 7.66. The molecule has 4 aliphatic rings. The van der Waals surface area contributed by atoms with Crippen molar-refractivity contribution in [3.05, 3.63) is 75.8 Å². The second-order valence-corrected chi connectivity index (χ2v) is 12.4. The van der Waals surface area contributed by atoms with Gasteiger partial charge < -0.3 is 20.5 Å². The van der Waals surface area contributed by atoms with Crippen LogP contribution in [0, 0.1) is 22.7 Å². The molecule has 198 valence electrons. The minimum absolute atomic E-state index is 0.0850. The maximum atomic E-state index is 12.4. The van der Waals surface area contributed by atoms with Crippen LogP contribution in [0.2, 0.25) is 0 Å². The summed E-state index contributed by atoms with van der Waals surface area (Å²) >= 11 is 0. The largest absolute Gasteiger partial charge is 0.393 e. The predicted octanol–water partition coefficient (Wildman–Crippen LogP) is 5.35. The van der Waals surface area contributed by atoms with Crippen LogP contribution in [0.25, 0.3) is 16.3 Å². The molecule has 1 saturated carbocycles. The Labute approximate surface area is 220 Å². The molecule has 0 bridgehead atoms. The fourth-order valence-electron chi connectivity index (χ4n) is 7.66. The van der Waals surface area contributed by atoms with E-state index in [9.17, 15) is 15.0 Å². The number of aliphatic hydroxyl groups is 2. The first-order valence-corrected chi connectivity index (χ1v) is 13.8. The van der Waals surface area contributed by atoms with Crippen molar-refractivity contribution in [1.29, 1.82) is 0 Å². The molecule has 1 fully saturated rings. The second-order valence-electron chi connectivity index (χ2n) is 12.4. The lowest BCUT2D eigenvalue weighted by atomic mass is 9.49. The normalized spacial score (nSPS) is 34.0. The fraction of sp³-hybridized carbons (Fsp3) is 0.531. The molecule has 1 aromatic heterocycles. The zero-order chi connectivity index (χ0) is 26.6. The molecule has 1 heterocycles. The Morgan fingerprint density at radius 1 is 1.05 bits per heavy atom. The van der Waals surface area contributed by atoms with E-state index in [0.29, 0.717) is 5.92 Å². The van der Waals surface area contributed by atoms with Crippen LogP contribution in [0.5, 0.6) is 0 Å². The summed E-state index contributed by atoms with van der Waals surface area (Å²) in [6.07, 6.45) is 13.6. The van der Waals surface area contributed by atoms with E-state index in [-0.39, 0.29) is 28.4 Å². The molecule has 6 rings (SSSR count). The molecule has 2 aromatic rings. The molecule has 0 aliphatic heterocycles. The minimum Gasteiger partial charge on any atom is -0.393 e. The number of aliphatic hydroxyl groups excluding tert-OH is 1. The summed E-state index contributed by atoms with van der Waals surface area (Å²) < 4.78 is 0. The number of hydrogen-bond donors (Lipinski definition) is 4. The molecular weight excluding hydrogens is 460 g/mol. The van der Waals surface area contributed by atoms with Gasteiger partial charge in [-0.25, -0.2) is 0 Å². The number of hydrogen-bond acceptors (Lipinski definition) is 4. The molecule has 37 heavy (non-hydrogen) atoms. The van der Waals surface area contributed by atoms with Gasteiger partial charge in [-0.3, -0.25) is 4.79 Å². The van der Waals surface area contributed by atoms with Crippen molar-refractivity contribution in [3.63, 3.8) is 0 Å². The molecule has 1 aromatic carbocycles. The zero-order valence-electron chi connectivity index (χ0n) is 22.9. The van der Waals surface area contributed by atoms with Gasteiger partial charge in [0.25, 0.3) is 0 Å². The number of H-pyrrole nitrogens is 1. The molecule has 0 radical (unpaired) electrons. The lowest BCUT2D eigenvalue weighted by Gasteiger charge is -2.56. The van der Waals surface area contributed by atoms with Crippen LogP contribution < -0.4 is 10.9 Å². The molecule has 4 N–H and O–H groups in total. The van der Waals surface area contributed by atoms with Gasteiger partial charge in [-0.05, 0) is 97.5 Å². The van der Waals surface area contributed by atoms with Crippen LogP contribution in [0.1, 0.15) is 64.9 Å². The van der Waals surface area contributed by atoms with Crippen molar-refractivity contribution < 1.29 is 10.2 Å². The third-order valence-corrected chi connectivity index (χ3v) is 9.86. The van der Waals surface area contributed by atoms with Gasteiger partial charge in [0.05, 0.1) is 11.7 Å². The van der Waals surface area contributed by atoms with Gasteiger partial charge in [-0.15, -0.1) is 0 Å². The number of aromatic nitrogens is 1. The van der Waals surface area contributed by atoms with Crippen molar-refractivity contribution in [2.24, 2.45) is 22.7 Å². The average Bonchev–Trinajstić information content (AvgIpc) is 3.15. The van der Waals surface area contributed by atoms with Gasteiger partial charge in [-0.1, -0.05) is 56.7 Å². The predicted molar refractivity (Wildman–Crippen MR) is 151 cm³/mol. The van der Waals surface area contributed by atoms with E-state index in [1.54, 1.807) is 12.3 Å². The molecule has 4 unspecified atom stereocenters. The maximum Gasteiger partial charge on any atom is 0.248 e. The summed E-state index contributed by atoms with van der Waals surface area (Å²) in [5, 5.41) is 27.4. The van der Waals surface area contributed by atoms with E-state index in [0.717, 1.165) is 60.4 Å². The third kappa shape index (κ3) is 4.16. The van der Waals surface area contributed by atoms with E-state index in [4.69, 9.17) is 0 Å². The van der Waals surface area contributed by atoms with Crippen molar-refractivity contribution >= 4 is 16.3 Å². The highest BCUT2D eigenvalue weighted by molar-refractivity contribution is 5.87. The van der Waals surface area contributed by atoms with Crippen LogP contribution in [0.3, 0.4) is 0 Å². The summed E-state index contributed by atoms with van der Waals surface area (Å²) in [4.78, 5) is 14.7. The summed E-state index contributed by atoms with van der Waals surface area (Å²) in [5.41, 5.74) is 3.43. The quantitative estimate of drug-likeness (QED) is 0.423. The van der Waals surface area contributed by atoms with Crippen LogP contribution in [0.15, 0.2) is 64.6 Å². The number of benzene rings is 1. The summed E-state index contributed by atoms with van der Waals surface area (Å²) in [6, 6.07) is 8.04. The lowest BCUT2D eigenvalue weighted by molar-refractivity contribution is -0.0651. The van der Waals surface area contributed by atoms with E-state index in [2.05, 4.69) is 67.5 Å². The van der Waals surface area contributed by atoms with Crippen LogP contribution in [-0.2, 0) is 0 Å². The number of pyridine rings is 1. The van der Waals surface area contributed by atoms with E-state index < -0.39 is 5.60 Å². The summed E-state index contributed by atoms with van der Waals surface area (Å²) in [7, 11) is 3.75. The number of rotatable bonds is 1. The molecule has 5 atom stereocenters. The molecule has 0 amide bonds. The van der Waals surface area contributed by atoms with Gasteiger partial charge in [0.15, 0.2) is 0 Å². The Morgan fingerprint density at radius 2 is 1.81 bits per heavy atom. The van der Waals surface area contributed by atoms with Crippen LogP contribution in [0.4, 0.5) is 0 Å². The zero-order valence-corrected chi connectivity index (χ0v) is 22.9. The number of nitrogens with one attached hydrogen (secondary N) is 2. The summed E-state index contributed by atoms with van der Waals surface area (Å²) in [5.74, 6) is 0.558. The monoisotopic (exact) mass is 502 g/mol. The van der Waals surface area contributed by atoms with Gasteiger partial charge in [0, 0.05) is 23.6 Å². The van der Waals surface area contributed by atoms with Crippen molar-refractivity contribution in [3.8, 4) is 0 Å². The van der Waals surface area contributed by atoms with Crippen molar-refractivity contribution in [2.45, 2.75) is 71.0 Å². The Morgan fingerprint density at radius 3 is 2.57 bits per heavy atom. The standard InChI is InChI=1S/C30H35NO3.C2H7N/c1-28(2)16-23-13-22-14-24(32)7-6-18(22)10-11-30(23,34)26-9-8-25(29(26,28)3)19-4-5-20-17-31-27(33)15-21(20)12-19;1-3-2/h4-5,8,12-13,15-18,24,26,32,34H,6-7,9-11,14H2,1-3H3,(H,31,33);3H,1-2H3/t18?,24?,26?,29?,30-;/m1./s1. The number of allylic oxidation sites excluding steroid dienone is 3. The van der Waals surface area contributed by atoms with Gasteiger partial charge in [0.2, 0.25) is 5.56 Å². The Hall–Kier alpha value is -2.47. The SMILES string of the molecule is CC1(C)C=C2C=C3CC(O)CCC3CC[C@]2(O)C2CC=C(c3ccc4c[nH]c(=O)cc4c3)C21C.CNC. The van der Waals surface area contributed by atoms with E-state index in [1.807, 2.05) is 14.1 Å². The lowest BCUT2D eigenvalue weighted by Crippen LogP contribution is -2.55. The number of fused-ring (bicyclic) bond motifs is 5. The highest BCUT2D eigenvalue weighted by Gasteiger charge is 2.62. The third-order valence-electron chi connectivity index (χ3n) is 9.86. The first-order chi connectivity index (χ1) is 17.5. The van der Waals surface area contributed by atoms with Crippen LogP contribution >= 0.6 is 0 Å². The average molecular weight is 503 g/mol. The first kappa shape index (κ1) is 26.1. The maximum absolute atomic E-state index is 12.4. The molecule has 0 spiro atoms. The molecule has 5 nitrogen and oxygen atoms in total. The highest BCUT2D eigenvalue weighted by atomic mass is 16.3. The topological polar surface area (TPSA) is 85.3 Å². The smallest absolute Gasteiger partial charge is 0.248 e. The highest BCUT2D eigenvalue weighted by Crippen LogP contribution is 2.67. The Bertz CT molecular complexity index is 1350. The van der Waals surface area contributed by atoms with Crippen molar-refractivity contribution in [2.75, 3.05) is 14.1 Å². The molecule has 5 heteroatoms. The van der Waals surface area contributed by atoms with Gasteiger partial charge in [-0.2, -0.15) is 0 Å².